The Morgan fingerprint density at radius 2 is 2.08 bits per heavy atom. The predicted molar refractivity (Wildman–Crippen MR) is 91.7 cm³/mol. The Balaban J connectivity index is 1.75. The number of halogens is 1. The van der Waals surface area contributed by atoms with Gasteiger partial charge in [0.25, 0.3) is 0 Å². The van der Waals surface area contributed by atoms with Crippen molar-refractivity contribution in [2.75, 3.05) is 0 Å². The van der Waals surface area contributed by atoms with Crippen LogP contribution in [-0.4, -0.2) is 19.7 Å². The van der Waals surface area contributed by atoms with Crippen molar-refractivity contribution in [1.29, 1.82) is 0 Å². The van der Waals surface area contributed by atoms with Gasteiger partial charge in [0.2, 0.25) is 0 Å². The van der Waals surface area contributed by atoms with Crippen molar-refractivity contribution in [1.82, 2.24) is 25.1 Å². The minimum absolute atomic E-state index is 0.186. The number of imidazole rings is 1. The van der Waals surface area contributed by atoms with Crippen LogP contribution in [0.5, 0.6) is 0 Å². The maximum absolute atomic E-state index is 13.1. The van der Waals surface area contributed by atoms with E-state index in [2.05, 4.69) is 27.4 Å². The summed E-state index contributed by atoms with van der Waals surface area (Å²) in [5.74, 6) is 0.791. The molecular formula is C18H22FN5. The lowest BCUT2D eigenvalue weighted by Gasteiger charge is -2.18. The third-order valence-corrected chi connectivity index (χ3v) is 4.14. The first-order valence-corrected chi connectivity index (χ1v) is 8.17. The zero-order valence-electron chi connectivity index (χ0n) is 14.0. The van der Waals surface area contributed by atoms with Gasteiger partial charge in [-0.05, 0) is 30.7 Å². The van der Waals surface area contributed by atoms with Crippen LogP contribution < -0.4 is 5.32 Å². The second-order valence-corrected chi connectivity index (χ2v) is 5.90. The van der Waals surface area contributed by atoms with E-state index in [1.807, 2.05) is 30.2 Å². The van der Waals surface area contributed by atoms with Crippen molar-refractivity contribution in [3.63, 3.8) is 0 Å². The molecule has 3 aromatic rings. The van der Waals surface area contributed by atoms with Gasteiger partial charge in [-0.15, -0.1) is 0 Å². The van der Waals surface area contributed by atoms with E-state index >= 15 is 0 Å². The number of aryl methyl sites for hydroxylation is 1. The number of benzene rings is 1. The highest BCUT2D eigenvalue weighted by Gasteiger charge is 2.16. The van der Waals surface area contributed by atoms with Gasteiger partial charge in [-0.25, -0.2) is 9.37 Å². The van der Waals surface area contributed by atoms with Crippen LogP contribution in [0.2, 0.25) is 0 Å². The Kier molecular flexibility index (Phi) is 5.05. The zero-order valence-corrected chi connectivity index (χ0v) is 14.0. The summed E-state index contributed by atoms with van der Waals surface area (Å²) in [5, 5.41) is 10.7. The molecule has 0 amide bonds. The Morgan fingerprint density at radius 1 is 1.29 bits per heavy atom. The van der Waals surface area contributed by atoms with Gasteiger partial charge in [0.15, 0.2) is 0 Å². The molecule has 1 atom stereocenters. The molecule has 0 spiro atoms. The third kappa shape index (κ3) is 3.54. The number of nitrogens with zero attached hydrogens (tertiary/aromatic N) is 3. The number of hydrogen-bond acceptors (Lipinski definition) is 3. The van der Waals surface area contributed by atoms with Crippen molar-refractivity contribution in [3.05, 3.63) is 60.1 Å². The van der Waals surface area contributed by atoms with Gasteiger partial charge >= 0.3 is 0 Å². The molecule has 0 unspecified atom stereocenters. The fraction of sp³-hybridized carbons (Fsp3) is 0.333. The average Bonchev–Trinajstić information content (AvgIpc) is 3.21. The second kappa shape index (κ2) is 7.40. The van der Waals surface area contributed by atoms with Gasteiger partial charge in [-0.1, -0.05) is 13.3 Å². The fourth-order valence-electron chi connectivity index (χ4n) is 2.87. The molecule has 0 aliphatic rings. The summed E-state index contributed by atoms with van der Waals surface area (Å²) in [6, 6.07) is 6.62. The first-order chi connectivity index (χ1) is 11.7. The highest BCUT2D eigenvalue weighted by molar-refractivity contribution is 5.62. The molecule has 5 nitrogen and oxygen atoms in total. The lowest BCUT2D eigenvalue weighted by Crippen LogP contribution is -2.23. The summed E-state index contributed by atoms with van der Waals surface area (Å²) in [5.41, 5.74) is 2.89. The summed E-state index contributed by atoms with van der Waals surface area (Å²) in [6.45, 7) is 2.83. The van der Waals surface area contributed by atoms with E-state index in [-0.39, 0.29) is 11.9 Å². The van der Waals surface area contributed by atoms with E-state index in [1.165, 1.54) is 12.1 Å². The normalized spacial score (nSPS) is 12.5. The van der Waals surface area contributed by atoms with Crippen molar-refractivity contribution in [2.45, 2.75) is 32.4 Å². The van der Waals surface area contributed by atoms with E-state index in [0.717, 1.165) is 35.5 Å². The van der Waals surface area contributed by atoms with Crippen LogP contribution in [0, 0.1) is 5.82 Å². The van der Waals surface area contributed by atoms with Crippen LogP contribution in [0.1, 0.15) is 37.2 Å². The van der Waals surface area contributed by atoms with E-state index < -0.39 is 0 Å². The third-order valence-electron chi connectivity index (χ3n) is 4.14. The molecular weight excluding hydrogens is 305 g/mol. The Morgan fingerprint density at radius 3 is 2.75 bits per heavy atom. The molecule has 0 saturated heterocycles. The Labute approximate surface area is 140 Å². The highest BCUT2D eigenvalue weighted by Crippen LogP contribution is 2.23. The second-order valence-electron chi connectivity index (χ2n) is 5.90. The highest BCUT2D eigenvalue weighted by atomic mass is 19.1. The zero-order chi connectivity index (χ0) is 16.9. The van der Waals surface area contributed by atoms with Crippen LogP contribution in [-0.2, 0) is 13.6 Å². The van der Waals surface area contributed by atoms with Crippen molar-refractivity contribution in [2.24, 2.45) is 7.05 Å². The fourth-order valence-corrected chi connectivity index (χ4v) is 2.87. The van der Waals surface area contributed by atoms with Crippen LogP contribution in [0.4, 0.5) is 4.39 Å². The summed E-state index contributed by atoms with van der Waals surface area (Å²) in [6.07, 6.45) is 7.67. The molecule has 1 aromatic carbocycles. The number of hydrogen-bond donors (Lipinski definition) is 2. The average molecular weight is 327 g/mol. The summed E-state index contributed by atoms with van der Waals surface area (Å²) in [7, 11) is 2.01. The van der Waals surface area contributed by atoms with E-state index in [9.17, 15) is 4.39 Å². The van der Waals surface area contributed by atoms with Crippen LogP contribution >= 0.6 is 0 Å². The molecule has 2 N–H and O–H groups in total. The molecule has 2 heterocycles. The molecule has 0 saturated carbocycles. The largest absolute Gasteiger partial charge is 0.337 e. The predicted octanol–water partition coefficient (Wildman–Crippen LogP) is 3.58. The standard InChI is InChI=1S/C18H22FN5/c1-3-4-16(18-20-9-10-24(18)2)21-11-14-12-22-23-17(14)13-5-7-15(19)8-6-13/h5-10,12,16,21H,3-4,11H2,1-2H3,(H,22,23)/t16-/m1/s1. The van der Waals surface area contributed by atoms with E-state index in [1.54, 1.807) is 12.1 Å². The molecule has 126 valence electrons. The van der Waals surface area contributed by atoms with E-state index in [0.29, 0.717) is 6.54 Å². The number of nitrogens with one attached hydrogen (secondary N) is 2. The lowest BCUT2D eigenvalue weighted by atomic mass is 10.1. The number of rotatable bonds is 7. The molecule has 0 radical (unpaired) electrons. The maximum atomic E-state index is 13.1. The smallest absolute Gasteiger partial charge is 0.125 e. The van der Waals surface area contributed by atoms with Gasteiger partial charge in [0, 0.05) is 37.1 Å². The molecule has 0 aliphatic heterocycles. The number of H-pyrrole nitrogens is 1. The SMILES string of the molecule is CCC[C@@H](NCc1cn[nH]c1-c1ccc(F)cc1)c1nccn1C. The molecule has 3 rings (SSSR count). The summed E-state index contributed by atoms with van der Waals surface area (Å²) < 4.78 is 15.2. The van der Waals surface area contributed by atoms with Gasteiger partial charge in [0.1, 0.15) is 11.6 Å². The quantitative estimate of drug-likeness (QED) is 0.697. The first-order valence-electron chi connectivity index (χ1n) is 8.17. The van der Waals surface area contributed by atoms with Gasteiger partial charge < -0.3 is 9.88 Å². The molecule has 24 heavy (non-hydrogen) atoms. The number of aromatic amines is 1. The van der Waals surface area contributed by atoms with Gasteiger partial charge in [-0.3, -0.25) is 5.10 Å². The summed E-state index contributed by atoms with van der Waals surface area (Å²) in [4.78, 5) is 4.46. The lowest BCUT2D eigenvalue weighted by molar-refractivity contribution is 0.460. The maximum Gasteiger partial charge on any atom is 0.125 e. The van der Waals surface area contributed by atoms with Crippen LogP contribution in [0.25, 0.3) is 11.3 Å². The first kappa shape index (κ1) is 16.4. The van der Waals surface area contributed by atoms with Gasteiger partial charge in [-0.2, -0.15) is 5.10 Å². The topological polar surface area (TPSA) is 58.5 Å². The van der Waals surface area contributed by atoms with Gasteiger partial charge in [0.05, 0.1) is 17.9 Å². The Bertz CT molecular complexity index is 775. The molecule has 0 aliphatic carbocycles. The van der Waals surface area contributed by atoms with E-state index in [4.69, 9.17) is 0 Å². The summed E-state index contributed by atoms with van der Waals surface area (Å²) >= 11 is 0. The van der Waals surface area contributed by atoms with Crippen molar-refractivity contribution >= 4 is 0 Å². The Hall–Kier alpha value is -2.47. The van der Waals surface area contributed by atoms with Crippen LogP contribution in [0.3, 0.4) is 0 Å². The minimum atomic E-state index is -0.240. The van der Waals surface area contributed by atoms with Crippen molar-refractivity contribution in [3.8, 4) is 11.3 Å². The monoisotopic (exact) mass is 327 g/mol. The molecule has 0 fully saturated rings. The molecule has 6 heteroatoms. The minimum Gasteiger partial charge on any atom is -0.337 e. The number of aromatic nitrogens is 4. The van der Waals surface area contributed by atoms with Crippen molar-refractivity contribution < 1.29 is 4.39 Å². The van der Waals surface area contributed by atoms with Crippen LogP contribution in [0.15, 0.2) is 42.9 Å². The molecule has 2 aromatic heterocycles. The molecule has 0 bridgehead atoms.